The summed E-state index contributed by atoms with van der Waals surface area (Å²) in [6, 6.07) is 2.16. The van der Waals surface area contributed by atoms with Crippen molar-refractivity contribution in [1.29, 1.82) is 0 Å². The molecule has 3 nitrogen and oxygen atoms in total. The molecule has 1 unspecified atom stereocenters. The lowest BCUT2D eigenvalue weighted by atomic mass is 9.74. The topological polar surface area (TPSA) is 42.2 Å². The summed E-state index contributed by atoms with van der Waals surface area (Å²) in [5, 5.41) is 3.14. The minimum atomic E-state index is 0.0199. The predicted molar refractivity (Wildman–Crippen MR) is 71.3 cm³/mol. The standard InChI is InChI=1S/C15H23NO2/c1-9(2)14(17)16-12-7-15(4,5)8-13-11(12)6-10(3)18-13/h6,9,12H,7-8H2,1-5H3,(H,16,17). The van der Waals surface area contributed by atoms with Gasteiger partial charge in [-0.25, -0.2) is 0 Å². The zero-order valence-corrected chi connectivity index (χ0v) is 12.0. The quantitative estimate of drug-likeness (QED) is 0.873. The number of hydrogen-bond donors (Lipinski definition) is 1. The molecule has 0 aromatic carbocycles. The highest BCUT2D eigenvalue weighted by atomic mass is 16.3. The summed E-state index contributed by atoms with van der Waals surface area (Å²) < 4.78 is 5.76. The molecule has 1 aromatic rings. The van der Waals surface area contributed by atoms with Crippen LogP contribution in [0.5, 0.6) is 0 Å². The van der Waals surface area contributed by atoms with Gasteiger partial charge >= 0.3 is 0 Å². The van der Waals surface area contributed by atoms with Gasteiger partial charge in [-0.15, -0.1) is 0 Å². The number of nitrogens with one attached hydrogen (secondary N) is 1. The smallest absolute Gasteiger partial charge is 0.223 e. The van der Waals surface area contributed by atoms with E-state index in [0.717, 1.165) is 24.4 Å². The molecule has 1 amide bonds. The van der Waals surface area contributed by atoms with Gasteiger partial charge in [-0.3, -0.25) is 4.79 Å². The van der Waals surface area contributed by atoms with E-state index < -0.39 is 0 Å². The fourth-order valence-electron chi connectivity index (χ4n) is 2.65. The van der Waals surface area contributed by atoms with Gasteiger partial charge in [0.25, 0.3) is 0 Å². The molecule has 0 radical (unpaired) electrons. The molecule has 18 heavy (non-hydrogen) atoms. The first-order valence-corrected chi connectivity index (χ1v) is 6.68. The average Bonchev–Trinajstić information content (AvgIpc) is 2.56. The molecule has 0 bridgehead atoms. The number of carbonyl (C=O) groups is 1. The molecule has 0 saturated carbocycles. The van der Waals surface area contributed by atoms with Gasteiger partial charge in [0, 0.05) is 17.9 Å². The predicted octanol–water partition coefficient (Wildman–Crippen LogP) is 3.37. The van der Waals surface area contributed by atoms with Gasteiger partial charge in [0.15, 0.2) is 0 Å². The monoisotopic (exact) mass is 249 g/mol. The fourth-order valence-corrected chi connectivity index (χ4v) is 2.65. The molecule has 1 N–H and O–H groups in total. The Hall–Kier alpha value is -1.25. The summed E-state index contributed by atoms with van der Waals surface area (Å²) in [5.74, 6) is 2.10. The van der Waals surface area contributed by atoms with Crippen LogP contribution >= 0.6 is 0 Å². The van der Waals surface area contributed by atoms with Crippen molar-refractivity contribution in [2.75, 3.05) is 0 Å². The Morgan fingerprint density at radius 3 is 2.78 bits per heavy atom. The van der Waals surface area contributed by atoms with Gasteiger partial charge < -0.3 is 9.73 Å². The van der Waals surface area contributed by atoms with Gasteiger partial charge in [0.05, 0.1) is 6.04 Å². The first-order valence-electron chi connectivity index (χ1n) is 6.68. The normalized spacial score (nSPS) is 21.8. The van der Waals surface area contributed by atoms with E-state index in [-0.39, 0.29) is 23.3 Å². The third kappa shape index (κ3) is 2.60. The van der Waals surface area contributed by atoms with Gasteiger partial charge in [-0.05, 0) is 24.8 Å². The van der Waals surface area contributed by atoms with E-state index in [1.54, 1.807) is 0 Å². The summed E-state index contributed by atoms with van der Waals surface area (Å²) in [6.45, 7) is 10.3. The second kappa shape index (κ2) is 4.45. The SMILES string of the molecule is Cc1cc2c(o1)CC(C)(C)CC2NC(=O)C(C)C. The highest BCUT2D eigenvalue weighted by molar-refractivity contribution is 5.78. The zero-order valence-electron chi connectivity index (χ0n) is 12.0. The lowest BCUT2D eigenvalue weighted by Crippen LogP contribution is -2.37. The Kier molecular flexibility index (Phi) is 3.26. The summed E-state index contributed by atoms with van der Waals surface area (Å²) in [5.41, 5.74) is 1.34. The third-order valence-electron chi connectivity index (χ3n) is 3.58. The van der Waals surface area contributed by atoms with Crippen LogP contribution in [0.25, 0.3) is 0 Å². The van der Waals surface area contributed by atoms with Crippen LogP contribution < -0.4 is 5.32 Å². The molecule has 3 heteroatoms. The molecular weight excluding hydrogens is 226 g/mol. The molecule has 0 saturated heterocycles. The number of hydrogen-bond acceptors (Lipinski definition) is 2. The van der Waals surface area contributed by atoms with E-state index in [1.165, 1.54) is 5.56 Å². The molecule has 100 valence electrons. The maximum Gasteiger partial charge on any atom is 0.223 e. The zero-order chi connectivity index (χ0) is 13.5. The molecule has 0 aliphatic heterocycles. The van der Waals surface area contributed by atoms with E-state index in [9.17, 15) is 4.79 Å². The Morgan fingerprint density at radius 2 is 2.17 bits per heavy atom. The second-order valence-corrected chi connectivity index (χ2v) is 6.50. The van der Waals surface area contributed by atoms with Crippen molar-refractivity contribution in [3.8, 4) is 0 Å². The van der Waals surface area contributed by atoms with Crippen molar-refractivity contribution >= 4 is 5.91 Å². The van der Waals surface area contributed by atoms with Crippen molar-refractivity contribution < 1.29 is 9.21 Å². The molecule has 1 atom stereocenters. The molecular formula is C15H23NO2. The lowest BCUT2D eigenvalue weighted by Gasteiger charge is -2.35. The van der Waals surface area contributed by atoms with Crippen molar-refractivity contribution in [3.63, 3.8) is 0 Å². The van der Waals surface area contributed by atoms with E-state index in [0.29, 0.717) is 0 Å². The Labute approximate surface area is 109 Å². The van der Waals surface area contributed by atoms with Crippen molar-refractivity contribution in [1.82, 2.24) is 5.32 Å². The maximum absolute atomic E-state index is 11.9. The van der Waals surface area contributed by atoms with Crippen LogP contribution in [0, 0.1) is 18.3 Å². The number of aryl methyl sites for hydroxylation is 1. The molecule has 0 spiro atoms. The van der Waals surface area contributed by atoms with E-state index >= 15 is 0 Å². The number of fused-ring (bicyclic) bond motifs is 1. The van der Waals surface area contributed by atoms with Gasteiger partial charge in [-0.2, -0.15) is 0 Å². The molecule has 0 fully saturated rings. The van der Waals surface area contributed by atoms with Crippen LogP contribution in [0.15, 0.2) is 10.5 Å². The summed E-state index contributed by atoms with van der Waals surface area (Å²) in [7, 11) is 0. The number of carbonyl (C=O) groups excluding carboxylic acids is 1. The van der Waals surface area contributed by atoms with E-state index in [2.05, 4.69) is 25.2 Å². The molecule has 1 aromatic heterocycles. The van der Waals surface area contributed by atoms with Crippen molar-refractivity contribution in [2.45, 2.75) is 53.5 Å². The lowest BCUT2D eigenvalue weighted by molar-refractivity contribution is -0.125. The Bertz CT molecular complexity index is 457. The second-order valence-electron chi connectivity index (χ2n) is 6.50. The molecule has 1 aliphatic carbocycles. The minimum Gasteiger partial charge on any atom is -0.466 e. The fraction of sp³-hybridized carbons (Fsp3) is 0.667. The Morgan fingerprint density at radius 1 is 1.50 bits per heavy atom. The first kappa shape index (κ1) is 13.2. The maximum atomic E-state index is 11.9. The highest BCUT2D eigenvalue weighted by Crippen LogP contribution is 2.42. The van der Waals surface area contributed by atoms with Crippen LogP contribution in [0.4, 0.5) is 0 Å². The van der Waals surface area contributed by atoms with Crippen molar-refractivity contribution in [2.24, 2.45) is 11.3 Å². The average molecular weight is 249 g/mol. The van der Waals surface area contributed by atoms with Crippen LogP contribution in [0.1, 0.15) is 57.2 Å². The molecule has 1 heterocycles. The number of furan rings is 1. The molecule has 2 rings (SSSR count). The van der Waals surface area contributed by atoms with Crippen LogP contribution in [-0.4, -0.2) is 5.91 Å². The van der Waals surface area contributed by atoms with Gasteiger partial charge in [0.1, 0.15) is 11.5 Å². The highest BCUT2D eigenvalue weighted by Gasteiger charge is 2.35. The van der Waals surface area contributed by atoms with Gasteiger partial charge in [0.2, 0.25) is 5.91 Å². The van der Waals surface area contributed by atoms with E-state index in [1.807, 2.05) is 20.8 Å². The molecule has 1 aliphatic rings. The van der Waals surface area contributed by atoms with Crippen LogP contribution in [0.2, 0.25) is 0 Å². The summed E-state index contributed by atoms with van der Waals surface area (Å²) >= 11 is 0. The van der Waals surface area contributed by atoms with E-state index in [4.69, 9.17) is 4.42 Å². The minimum absolute atomic E-state index is 0.0199. The third-order valence-corrected chi connectivity index (χ3v) is 3.58. The Balaban J connectivity index is 2.27. The summed E-state index contributed by atoms with van der Waals surface area (Å²) in [4.78, 5) is 11.9. The number of rotatable bonds is 2. The first-order chi connectivity index (χ1) is 8.28. The summed E-state index contributed by atoms with van der Waals surface area (Å²) in [6.07, 6.45) is 1.92. The van der Waals surface area contributed by atoms with Gasteiger partial charge in [-0.1, -0.05) is 27.7 Å². The number of amides is 1. The van der Waals surface area contributed by atoms with Crippen LogP contribution in [0.3, 0.4) is 0 Å². The van der Waals surface area contributed by atoms with Crippen LogP contribution in [-0.2, 0) is 11.2 Å². The largest absolute Gasteiger partial charge is 0.466 e. The van der Waals surface area contributed by atoms with Crippen molar-refractivity contribution in [3.05, 3.63) is 23.2 Å².